The molecule has 0 saturated heterocycles. The van der Waals surface area contributed by atoms with Crippen molar-refractivity contribution in [2.24, 2.45) is 0 Å². The van der Waals surface area contributed by atoms with Crippen LogP contribution < -0.4 is 10.6 Å². The summed E-state index contributed by atoms with van der Waals surface area (Å²) in [6.07, 6.45) is -4.93. The van der Waals surface area contributed by atoms with E-state index < -0.39 is 12.6 Å². The van der Waals surface area contributed by atoms with Gasteiger partial charge in [-0.05, 0) is 13.3 Å². The third-order valence-electron chi connectivity index (χ3n) is 2.41. The molecular formula is C12H19F3N4O. The minimum absolute atomic E-state index is 0.00316. The number of rotatable bonds is 8. The van der Waals surface area contributed by atoms with Crippen LogP contribution in [0.1, 0.15) is 25.6 Å². The number of nitrogens with one attached hydrogen (secondary N) is 2. The van der Waals surface area contributed by atoms with Crippen LogP contribution in [0, 0.1) is 0 Å². The van der Waals surface area contributed by atoms with Gasteiger partial charge in [0.05, 0.1) is 0 Å². The van der Waals surface area contributed by atoms with Crippen molar-refractivity contribution in [3.05, 3.63) is 11.9 Å². The lowest BCUT2D eigenvalue weighted by Crippen LogP contribution is -2.12. The van der Waals surface area contributed by atoms with Crippen molar-refractivity contribution in [1.29, 1.82) is 0 Å². The molecule has 0 aromatic carbocycles. The summed E-state index contributed by atoms with van der Waals surface area (Å²) in [5.41, 5.74) is 0. The van der Waals surface area contributed by atoms with Gasteiger partial charge in [0.25, 0.3) is 0 Å². The molecule has 5 nitrogen and oxygen atoms in total. The molecule has 0 atom stereocenters. The Labute approximate surface area is 116 Å². The first-order valence-electron chi connectivity index (χ1n) is 6.38. The van der Waals surface area contributed by atoms with Gasteiger partial charge in [-0.15, -0.1) is 0 Å². The topological polar surface area (TPSA) is 59.1 Å². The Bertz CT molecular complexity index is 412. The number of hydrogen-bond donors (Lipinski definition) is 2. The predicted octanol–water partition coefficient (Wildman–Crippen LogP) is 2.81. The zero-order valence-corrected chi connectivity index (χ0v) is 11.5. The summed E-state index contributed by atoms with van der Waals surface area (Å²) >= 11 is 0. The van der Waals surface area contributed by atoms with Crippen LogP contribution in [0.5, 0.6) is 0 Å². The van der Waals surface area contributed by atoms with E-state index in [4.69, 9.17) is 4.74 Å². The first-order chi connectivity index (χ1) is 9.44. The van der Waals surface area contributed by atoms with Gasteiger partial charge in [0.2, 0.25) is 0 Å². The summed E-state index contributed by atoms with van der Waals surface area (Å²) in [6.45, 7) is 2.87. The number of aromatic nitrogens is 2. The Morgan fingerprint density at radius 2 is 1.95 bits per heavy atom. The van der Waals surface area contributed by atoms with E-state index in [-0.39, 0.29) is 19.6 Å². The molecule has 1 heterocycles. The van der Waals surface area contributed by atoms with Gasteiger partial charge < -0.3 is 15.4 Å². The SMILES string of the molecule is CCOCc1nc(NC)cc(NCCCC(F)(F)F)n1. The van der Waals surface area contributed by atoms with Crippen molar-refractivity contribution in [2.75, 3.05) is 30.8 Å². The number of halogens is 3. The molecule has 20 heavy (non-hydrogen) atoms. The van der Waals surface area contributed by atoms with Crippen LogP contribution in [0.25, 0.3) is 0 Å². The van der Waals surface area contributed by atoms with Gasteiger partial charge >= 0.3 is 6.18 Å². The molecule has 0 radical (unpaired) electrons. The second kappa shape index (κ2) is 7.88. The van der Waals surface area contributed by atoms with Crippen molar-refractivity contribution in [2.45, 2.75) is 32.5 Å². The van der Waals surface area contributed by atoms with Gasteiger partial charge in [-0.25, -0.2) is 9.97 Å². The molecule has 8 heteroatoms. The van der Waals surface area contributed by atoms with Crippen molar-refractivity contribution >= 4 is 11.6 Å². The Balaban J connectivity index is 2.55. The summed E-state index contributed by atoms with van der Waals surface area (Å²) in [5, 5.41) is 5.73. The maximum Gasteiger partial charge on any atom is 0.389 e. The zero-order valence-electron chi connectivity index (χ0n) is 11.5. The van der Waals surface area contributed by atoms with E-state index in [1.54, 1.807) is 13.1 Å². The van der Waals surface area contributed by atoms with E-state index in [1.165, 1.54) is 0 Å². The smallest absolute Gasteiger partial charge is 0.374 e. The first kappa shape index (κ1) is 16.5. The molecule has 0 aliphatic heterocycles. The van der Waals surface area contributed by atoms with Crippen LogP contribution >= 0.6 is 0 Å². The minimum Gasteiger partial charge on any atom is -0.374 e. The summed E-state index contributed by atoms with van der Waals surface area (Å²) in [6, 6.07) is 1.64. The fraction of sp³-hybridized carbons (Fsp3) is 0.667. The molecule has 0 unspecified atom stereocenters. The summed E-state index contributed by atoms with van der Waals surface area (Å²) in [4.78, 5) is 8.37. The fourth-order valence-corrected chi connectivity index (χ4v) is 1.48. The molecule has 0 aliphatic carbocycles. The highest BCUT2D eigenvalue weighted by Gasteiger charge is 2.25. The summed E-state index contributed by atoms with van der Waals surface area (Å²) in [5.74, 6) is 1.56. The van der Waals surface area contributed by atoms with Gasteiger partial charge in [-0.3, -0.25) is 0 Å². The average molecular weight is 292 g/mol. The number of hydrogen-bond acceptors (Lipinski definition) is 5. The molecule has 1 aromatic rings. The fourth-order valence-electron chi connectivity index (χ4n) is 1.48. The second-order valence-corrected chi connectivity index (χ2v) is 4.09. The molecule has 1 aromatic heterocycles. The molecular weight excluding hydrogens is 273 g/mol. The highest BCUT2D eigenvalue weighted by atomic mass is 19.4. The normalized spacial score (nSPS) is 11.4. The lowest BCUT2D eigenvalue weighted by Gasteiger charge is -2.10. The maximum atomic E-state index is 12.0. The van der Waals surface area contributed by atoms with E-state index in [9.17, 15) is 13.2 Å². The third-order valence-corrected chi connectivity index (χ3v) is 2.41. The first-order valence-corrected chi connectivity index (χ1v) is 6.38. The largest absolute Gasteiger partial charge is 0.389 e. The molecule has 0 amide bonds. The minimum atomic E-state index is -4.12. The van der Waals surface area contributed by atoms with Gasteiger partial charge in [0.1, 0.15) is 18.2 Å². The van der Waals surface area contributed by atoms with E-state index in [1.807, 2.05) is 6.92 Å². The Kier molecular flexibility index (Phi) is 6.50. The van der Waals surface area contributed by atoms with Crippen LogP contribution in [-0.2, 0) is 11.3 Å². The van der Waals surface area contributed by atoms with Crippen molar-refractivity contribution in [3.8, 4) is 0 Å². The van der Waals surface area contributed by atoms with Gasteiger partial charge in [0.15, 0.2) is 5.82 Å². The van der Waals surface area contributed by atoms with Crippen LogP contribution in [0.15, 0.2) is 6.07 Å². The molecule has 0 bridgehead atoms. The van der Waals surface area contributed by atoms with E-state index in [2.05, 4.69) is 20.6 Å². The Hall–Kier alpha value is -1.57. The number of alkyl halides is 3. The number of nitrogens with zero attached hydrogens (tertiary/aromatic N) is 2. The maximum absolute atomic E-state index is 12.0. The monoisotopic (exact) mass is 292 g/mol. The van der Waals surface area contributed by atoms with Crippen molar-refractivity contribution in [1.82, 2.24) is 9.97 Å². The number of anilines is 2. The predicted molar refractivity (Wildman–Crippen MR) is 70.7 cm³/mol. The van der Waals surface area contributed by atoms with E-state index in [0.29, 0.717) is 24.1 Å². The molecule has 114 valence electrons. The summed E-state index contributed by atoms with van der Waals surface area (Å²) in [7, 11) is 1.71. The van der Waals surface area contributed by atoms with Crippen LogP contribution in [0.3, 0.4) is 0 Å². The highest BCUT2D eigenvalue weighted by molar-refractivity contribution is 5.47. The molecule has 1 rings (SSSR count). The van der Waals surface area contributed by atoms with Gasteiger partial charge in [-0.1, -0.05) is 0 Å². The average Bonchev–Trinajstić information content (AvgIpc) is 2.40. The van der Waals surface area contributed by atoms with Crippen molar-refractivity contribution in [3.63, 3.8) is 0 Å². The van der Waals surface area contributed by atoms with E-state index in [0.717, 1.165) is 0 Å². The lowest BCUT2D eigenvalue weighted by atomic mass is 10.3. The van der Waals surface area contributed by atoms with E-state index >= 15 is 0 Å². The standard InChI is InChI=1S/C12H19F3N4O/c1-3-20-8-11-18-9(16-2)7-10(19-11)17-6-4-5-12(13,14)15/h7H,3-6,8H2,1-2H3,(H2,16,17,18,19). The zero-order chi connectivity index (χ0) is 15.0. The van der Waals surface area contributed by atoms with Gasteiger partial charge in [-0.2, -0.15) is 13.2 Å². The third kappa shape index (κ3) is 6.55. The van der Waals surface area contributed by atoms with Crippen LogP contribution in [0.4, 0.5) is 24.8 Å². The Morgan fingerprint density at radius 3 is 2.55 bits per heavy atom. The second-order valence-electron chi connectivity index (χ2n) is 4.09. The quantitative estimate of drug-likeness (QED) is 0.722. The Morgan fingerprint density at radius 1 is 1.25 bits per heavy atom. The van der Waals surface area contributed by atoms with Gasteiger partial charge in [0, 0.05) is 32.7 Å². The molecule has 0 saturated carbocycles. The van der Waals surface area contributed by atoms with Crippen LogP contribution in [-0.4, -0.2) is 36.3 Å². The highest BCUT2D eigenvalue weighted by Crippen LogP contribution is 2.21. The molecule has 0 aliphatic rings. The molecule has 0 spiro atoms. The van der Waals surface area contributed by atoms with Crippen LogP contribution in [0.2, 0.25) is 0 Å². The molecule has 0 fully saturated rings. The summed E-state index contributed by atoms with van der Waals surface area (Å²) < 4.78 is 41.3. The number of ether oxygens (including phenoxy) is 1. The van der Waals surface area contributed by atoms with Crippen molar-refractivity contribution < 1.29 is 17.9 Å². The lowest BCUT2D eigenvalue weighted by molar-refractivity contribution is -0.134. The molecule has 2 N–H and O–H groups in total.